The highest BCUT2D eigenvalue weighted by Gasteiger charge is 2.32. The summed E-state index contributed by atoms with van der Waals surface area (Å²) < 4.78 is 58.9. The molecule has 0 fully saturated rings. The molecule has 2 aliphatic rings. The number of carbonyl (C=O) groups excluding carboxylic acids is 2. The van der Waals surface area contributed by atoms with Gasteiger partial charge in [0.05, 0.1) is 30.5 Å². The van der Waals surface area contributed by atoms with Crippen LogP contribution in [-0.4, -0.2) is 80.9 Å². The number of halogens is 1. The standard InChI is InChI=1S/C31H35FN4O8S/c1-19-15-36(20(2)17-37)30(38)13-21-12-24(34-45(40,41)25-8-4-22(32)5-9-25)7-10-26(21)44-29(19)16-35(3)31(39)33-23-6-11-27-28(14-23)43-18-42-27/h4-12,14,19-20,29,34,37H,13,15-18H2,1-3H3,(H,33,39)/t19-,20-,29+/m1/s1. The van der Waals surface area contributed by atoms with Crippen molar-refractivity contribution in [3.05, 3.63) is 72.0 Å². The van der Waals surface area contributed by atoms with Crippen LogP contribution < -0.4 is 24.2 Å². The van der Waals surface area contributed by atoms with Gasteiger partial charge in [-0.2, -0.15) is 0 Å². The summed E-state index contributed by atoms with van der Waals surface area (Å²) in [6, 6.07) is 13.2. The van der Waals surface area contributed by atoms with E-state index in [0.29, 0.717) is 28.5 Å². The van der Waals surface area contributed by atoms with E-state index in [4.69, 9.17) is 14.2 Å². The molecule has 0 unspecified atom stereocenters. The Morgan fingerprint density at radius 3 is 2.49 bits per heavy atom. The highest BCUT2D eigenvalue weighted by molar-refractivity contribution is 7.92. The van der Waals surface area contributed by atoms with Crippen LogP contribution in [0, 0.1) is 11.7 Å². The van der Waals surface area contributed by atoms with Gasteiger partial charge in [0.15, 0.2) is 11.5 Å². The minimum absolute atomic E-state index is 0.112. The zero-order chi connectivity index (χ0) is 32.3. The molecule has 12 nitrogen and oxygen atoms in total. The molecular formula is C31H35FN4O8S. The normalized spacial score (nSPS) is 18.5. The van der Waals surface area contributed by atoms with E-state index in [1.807, 2.05) is 6.92 Å². The molecule has 0 bridgehead atoms. The van der Waals surface area contributed by atoms with Gasteiger partial charge in [0.2, 0.25) is 12.7 Å². The number of likely N-dealkylation sites (N-methyl/N-ethyl adjacent to an activating group) is 1. The van der Waals surface area contributed by atoms with E-state index in [-0.39, 0.29) is 55.3 Å². The van der Waals surface area contributed by atoms with Gasteiger partial charge in [0, 0.05) is 42.5 Å². The monoisotopic (exact) mass is 642 g/mol. The highest BCUT2D eigenvalue weighted by atomic mass is 32.2. The van der Waals surface area contributed by atoms with Gasteiger partial charge in [-0.3, -0.25) is 9.52 Å². The number of nitrogens with zero attached hydrogens (tertiary/aromatic N) is 2. The number of fused-ring (bicyclic) bond motifs is 2. The lowest BCUT2D eigenvalue weighted by molar-refractivity contribution is -0.134. The number of urea groups is 1. The van der Waals surface area contributed by atoms with Gasteiger partial charge >= 0.3 is 6.03 Å². The molecule has 3 aromatic carbocycles. The number of ether oxygens (including phenoxy) is 3. The molecule has 240 valence electrons. The summed E-state index contributed by atoms with van der Waals surface area (Å²) in [5, 5.41) is 12.7. The first kappa shape index (κ1) is 31.9. The van der Waals surface area contributed by atoms with Crippen LogP contribution in [0.25, 0.3) is 0 Å². The molecule has 5 rings (SSSR count). The first-order valence-corrected chi connectivity index (χ1v) is 15.8. The molecule has 2 aliphatic heterocycles. The van der Waals surface area contributed by atoms with Crippen molar-refractivity contribution >= 4 is 33.3 Å². The Balaban J connectivity index is 1.38. The quantitative estimate of drug-likeness (QED) is 0.338. The van der Waals surface area contributed by atoms with Crippen LogP contribution in [-0.2, 0) is 21.2 Å². The lowest BCUT2D eigenvalue weighted by atomic mass is 10.0. The van der Waals surface area contributed by atoms with Crippen molar-refractivity contribution in [2.75, 3.05) is 43.6 Å². The van der Waals surface area contributed by atoms with E-state index in [2.05, 4.69) is 10.0 Å². The number of hydrogen-bond acceptors (Lipinski definition) is 8. The van der Waals surface area contributed by atoms with Crippen LogP contribution in [0.5, 0.6) is 17.2 Å². The summed E-state index contributed by atoms with van der Waals surface area (Å²) in [7, 11) is -2.42. The van der Waals surface area contributed by atoms with Crippen molar-refractivity contribution < 1.29 is 41.7 Å². The molecule has 0 saturated heterocycles. The van der Waals surface area contributed by atoms with Crippen LogP contribution in [0.4, 0.5) is 20.6 Å². The van der Waals surface area contributed by atoms with Crippen molar-refractivity contribution in [2.24, 2.45) is 5.92 Å². The molecule has 14 heteroatoms. The number of nitrogens with one attached hydrogen (secondary N) is 2. The molecule has 3 amide bonds. The Bertz CT molecular complexity index is 1670. The summed E-state index contributed by atoms with van der Waals surface area (Å²) in [5.74, 6) is 0.363. The zero-order valence-electron chi connectivity index (χ0n) is 25.0. The van der Waals surface area contributed by atoms with Gasteiger partial charge in [-0.1, -0.05) is 6.92 Å². The molecule has 0 aliphatic carbocycles. The lowest BCUT2D eigenvalue weighted by Gasteiger charge is -2.34. The number of benzene rings is 3. The molecule has 3 atom stereocenters. The largest absolute Gasteiger partial charge is 0.488 e. The smallest absolute Gasteiger partial charge is 0.321 e. The van der Waals surface area contributed by atoms with Crippen molar-refractivity contribution in [1.29, 1.82) is 0 Å². The number of aliphatic hydroxyl groups excluding tert-OH is 1. The molecule has 0 radical (unpaired) electrons. The van der Waals surface area contributed by atoms with E-state index < -0.39 is 34.0 Å². The molecular weight excluding hydrogens is 607 g/mol. The van der Waals surface area contributed by atoms with E-state index >= 15 is 0 Å². The molecule has 0 aromatic heterocycles. The van der Waals surface area contributed by atoms with Crippen molar-refractivity contribution in [3.8, 4) is 17.2 Å². The highest BCUT2D eigenvalue weighted by Crippen LogP contribution is 2.34. The number of sulfonamides is 1. The maximum Gasteiger partial charge on any atom is 0.321 e. The average Bonchev–Trinajstić information content (AvgIpc) is 3.48. The molecule has 3 aromatic rings. The van der Waals surface area contributed by atoms with Crippen LogP contribution in [0.3, 0.4) is 0 Å². The SMILES string of the molecule is C[C@@H]1CN([C@H](C)CO)C(=O)Cc2cc(NS(=O)(=O)c3ccc(F)cc3)ccc2O[C@H]1CN(C)C(=O)Nc1ccc2c(c1)OCO2. The third-order valence-corrected chi connectivity index (χ3v) is 9.11. The van der Waals surface area contributed by atoms with Gasteiger partial charge in [-0.05, 0) is 61.5 Å². The van der Waals surface area contributed by atoms with Gasteiger partial charge in [0.25, 0.3) is 10.0 Å². The Morgan fingerprint density at radius 2 is 1.76 bits per heavy atom. The minimum atomic E-state index is -4.05. The molecule has 0 spiro atoms. The number of carbonyl (C=O) groups is 2. The topological polar surface area (TPSA) is 147 Å². The van der Waals surface area contributed by atoms with Crippen molar-refractivity contribution in [1.82, 2.24) is 9.80 Å². The fourth-order valence-corrected chi connectivity index (χ4v) is 6.13. The van der Waals surface area contributed by atoms with E-state index in [9.17, 15) is 27.5 Å². The van der Waals surface area contributed by atoms with Crippen molar-refractivity contribution in [3.63, 3.8) is 0 Å². The van der Waals surface area contributed by atoms with Crippen molar-refractivity contribution in [2.45, 2.75) is 37.3 Å². The molecule has 45 heavy (non-hydrogen) atoms. The van der Waals surface area contributed by atoms with Crippen LogP contribution in [0.15, 0.2) is 65.6 Å². The third kappa shape index (κ3) is 7.40. The van der Waals surface area contributed by atoms with Gasteiger partial charge in [0.1, 0.15) is 17.7 Å². The van der Waals surface area contributed by atoms with Gasteiger partial charge in [-0.25, -0.2) is 17.6 Å². The number of hydrogen-bond donors (Lipinski definition) is 3. The van der Waals surface area contributed by atoms with Gasteiger partial charge in [-0.15, -0.1) is 0 Å². The molecule has 0 saturated carbocycles. The first-order chi connectivity index (χ1) is 21.4. The molecule has 2 heterocycles. The second-order valence-electron chi connectivity index (χ2n) is 11.1. The van der Waals surface area contributed by atoms with E-state index in [0.717, 1.165) is 24.3 Å². The zero-order valence-corrected chi connectivity index (χ0v) is 25.8. The Labute approximate surface area is 260 Å². The maximum atomic E-state index is 13.5. The van der Waals surface area contributed by atoms with E-state index in [1.165, 1.54) is 17.0 Å². The third-order valence-electron chi connectivity index (χ3n) is 7.72. The first-order valence-electron chi connectivity index (χ1n) is 14.3. The summed E-state index contributed by atoms with van der Waals surface area (Å²) in [6.07, 6.45) is -0.705. The summed E-state index contributed by atoms with van der Waals surface area (Å²) >= 11 is 0. The lowest BCUT2D eigenvalue weighted by Crippen LogP contribution is -2.48. The van der Waals surface area contributed by atoms with E-state index in [1.54, 1.807) is 43.1 Å². The minimum Gasteiger partial charge on any atom is -0.488 e. The van der Waals surface area contributed by atoms with Crippen LogP contribution in [0.1, 0.15) is 19.4 Å². The number of aliphatic hydroxyl groups is 1. The van der Waals surface area contributed by atoms with Gasteiger partial charge < -0.3 is 34.4 Å². The fourth-order valence-electron chi connectivity index (χ4n) is 5.08. The summed E-state index contributed by atoms with van der Waals surface area (Å²) in [4.78, 5) is 29.5. The second kappa shape index (κ2) is 13.2. The maximum absolute atomic E-state index is 13.5. The number of rotatable bonds is 8. The predicted octanol–water partition coefficient (Wildman–Crippen LogP) is 3.67. The Kier molecular flexibility index (Phi) is 9.34. The Hall–Kier alpha value is -4.56. The average molecular weight is 643 g/mol. The molecule has 3 N–H and O–H groups in total. The number of anilines is 2. The number of amides is 3. The fraction of sp³-hybridized carbons (Fsp3) is 0.355. The summed E-state index contributed by atoms with van der Waals surface area (Å²) in [5.41, 5.74) is 1.12. The van der Waals surface area contributed by atoms with Crippen LogP contribution >= 0.6 is 0 Å². The second-order valence-corrected chi connectivity index (χ2v) is 12.8. The van der Waals surface area contributed by atoms with Crippen LogP contribution in [0.2, 0.25) is 0 Å². The summed E-state index contributed by atoms with van der Waals surface area (Å²) in [6.45, 7) is 3.88. The predicted molar refractivity (Wildman–Crippen MR) is 163 cm³/mol. The Morgan fingerprint density at radius 1 is 1.07 bits per heavy atom.